The minimum atomic E-state index is -0.484. The number of nitrogens with zero attached hydrogens (tertiary/aromatic N) is 1. The van der Waals surface area contributed by atoms with Crippen molar-refractivity contribution in [1.29, 1.82) is 0 Å². The summed E-state index contributed by atoms with van der Waals surface area (Å²) in [4.78, 5) is 37.2. The van der Waals surface area contributed by atoms with Crippen molar-refractivity contribution in [2.75, 3.05) is 46.2 Å². The van der Waals surface area contributed by atoms with Gasteiger partial charge in [-0.15, -0.1) is 0 Å². The third-order valence-electron chi connectivity index (χ3n) is 4.22. The van der Waals surface area contributed by atoms with Gasteiger partial charge < -0.3 is 18.9 Å². The zero-order chi connectivity index (χ0) is 21.3. The highest BCUT2D eigenvalue weighted by Gasteiger charge is 2.36. The van der Waals surface area contributed by atoms with Crippen LogP contribution >= 0.6 is 0 Å². The highest BCUT2D eigenvalue weighted by atomic mass is 16.6. The molecule has 0 bridgehead atoms. The number of hydrogen-bond acceptors (Lipinski definition) is 7. The van der Waals surface area contributed by atoms with E-state index in [0.29, 0.717) is 50.6 Å². The predicted octanol–water partition coefficient (Wildman–Crippen LogP) is 1.78. The van der Waals surface area contributed by atoms with Gasteiger partial charge in [-0.3, -0.25) is 19.3 Å². The topological polar surface area (TPSA) is 91.4 Å². The van der Waals surface area contributed by atoms with Crippen LogP contribution in [0.4, 0.5) is 0 Å². The summed E-state index contributed by atoms with van der Waals surface area (Å²) in [6.07, 6.45) is 5.29. The van der Waals surface area contributed by atoms with Crippen molar-refractivity contribution < 1.29 is 33.3 Å². The van der Waals surface area contributed by atoms with Crippen LogP contribution in [-0.4, -0.2) is 74.5 Å². The largest absolute Gasteiger partial charge is 0.460 e. The highest BCUT2D eigenvalue weighted by Crippen LogP contribution is 2.28. The molecule has 2 aliphatic rings. The van der Waals surface area contributed by atoms with Gasteiger partial charge in [0.05, 0.1) is 52.6 Å². The van der Waals surface area contributed by atoms with Gasteiger partial charge in [0.25, 0.3) is 11.8 Å². The first-order valence-electron chi connectivity index (χ1n) is 10.0. The van der Waals surface area contributed by atoms with Gasteiger partial charge in [0.2, 0.25) is 0 Å². The summed E-state index contributed by atoms with van der Waals surface area (Å²) in [5, 5.41) is 0. The van der Waals surface area contributed by atoms with E-state index in [0.717, 1.165) is 6.42 Å². The molecular formula is C21H31NO7. The Morgan fingerprint density at radius 2 is 1.59 bits per heavy atom. The molecule has 162 valence electrons. The highest BCUT2D eigenvalue weighted by molar-refractivity contribution is 6.20. The summed E-state index contributed by atoms with van der Waals surface area (Å²) < 4.78 is 21.3. The van der Waals surface area contributed by atoms with Gasteiger partial charge in [0, 0.05) is 11.1 Å². The summed E-state index contributed by atoms with van der Waals surface area (Å²) in [6, 6.07) is 0. The number of imide groups is 1. The molecule has 1 aliphatic heterocycles. The van der Waals surface area contributed by atoms with Gasteiger partial charge in [-0.05, 0) is 33.6 Å². The second-order valence-corrected chi connectivity index (χ2v) is 7.77. The Morgan fingerprint density at radius 1 is 0.966 bits per heavy atom. The Morgan fingerprint density at radius 3 is 2.21 bits per heavy atom. The van der Waals surface area contributed by atoms with Crippen molar-refractivity contribution in [2.45, 2.75) is 45.6 Å². The molecule has 2 rings (SSSR count). The van der Waals surface area contributed by atoms with Crippen molar-refractivity contribution in [1.82, 2.24) is 4.90 Å². The normalized spacial score (nSPS) is 16.6. The number of allylic oxidation sites excluding steroid dienone is 1. The summed E-state index contributed by atoms with van der Waals surface area (Å²) in [7, 11) is 0. The fraction of sp³-hybridized carbons (Fsp3) is 0.667. The molecule has 0 spiro atoms. The molecule has 0 unspecified atom stereocenters. The summed E-state index contributed by atoms with van der Waals surface area (Å²) >= 11 is 0. The van der Waals surface area contributed by atoms with Crippen molar-refractivity contribution in [3.8, 4) is 0 Å². The van der Waals surface area contributed by atoms with E-state index < -0.39 is 5.60 Å². The monoisotopic (exact) mass is 409 g/mol. The van der Waals surface area contributed by atoms with Gasteiger partial charge in [0.1, 0.15) is 5.60 Å². The lowest BCUT2D eigenvalue weighted by molar-refractivity contribution is -0.156. The zero-order valence-corrected chi connectivity index (χ0v) is 17.5. The van der Waals surface area contributed by atoms with Crippen LogP contribution in [0.25, 0.3) is 0 Å². The molecule has 0 saturated heterocycles. The molecule has 0 fully saturated rings. The molecule has 8 nitrogen and oxygen atoms in total. The van der Waals surface area contributed by atoms with E-state index in [2.05, 4.69) is 0 Å². The Hall–Kier alpha value is -2.03. The fourth-order valence-corrected chi connectivity index (χ4v) is 2.94. The van der Waals surface area contributed by atoms with Crippen LogP contribution in [0, 0.1) is 0 Å². The third kappa shape index (κ3) is 7.72. The molecule has 0 saturated carbocycles. The van der Waals surface area contributed by atoms with Gasteiger partial charge in [0.15, 0.2) is 0 Å². The summed E-state index contributed by atoms with van der Waals surface area (Å²) in [5.41, 5.74) is 0.659. The fourth-order valence-electron chi connectivity index (χ4n) is 2.94. The Kier molecular flexibility index (Phi) is 9.00. The molecule has 29 heavy (non-hydrogen) atoms. The maximum atomic E-state index is 12.2. The van der Waals surface area contributed by atoms with E-state index in [9.17, 15) is 14.4 Å². The van der Waals surface area contributed by atoms with Crippen molar-refractivity contribution in [2.24, 2.45) is 0 Å². The maximum absolute atomic E-state index is 12.2. The summed E-state index contributed by atoms with van der Waals surface area (Å²) in [6.45, 7) is 7.80. The molecule has 0 atom stereocenters. The maximum Gasteiger partial charge on any atom is 0.308 e. The standard InChI is InChI=1S/C21H31NO7/c1-21(2,3)29-18(23)8-10-26-12-14-28-15-13-27-11-9-22-19(24)16-6-4-5-7-17(16)20(22)25/h4,6H,5,7-15H2,1-3H3. The van der Waals surface area contributed by atoms with Crippen LogP contribution in [0.2, 0.25) is 0 Å². The van der Waals surface area contributed by atoms with Gasteiger partial charge >= 0.3 is 5.97 Å². The second-order valence-electron chi connectivity index (χ2n) is 7.77. The lowest BCUT2D eigenvalue weighted by Gasteiger charge is -2.19. The number of carbonyl (C=O) groups is 3. The van der Waals surface area contributed by atoms with Crippen molar-refractivity contribution >= 4 is 17.8 Å². The van der Waals surface area contributed by atoms with Crippen LogP contribution < -0.4 is 0 Å². The first-order valence-corrected chi connectivity index (χ1v) is 10.0. The minimum Gasteiger partial charge on any atom is -0.460 e. The SMILES string of the molecule is CC(C)(C)OC(=O)CCOCCOCCOCCN1C(=O)C2=C(CCC=C2)C1=O. The number of amides is 2. The Balaban J connectivity index is 1.43. The van der Waals surface area contributed by atoms with Gasteiger partial charge in [-0.1, -0.05) is 12.2 Å². The van der Waals surface area contributed by atoms with Crippen LogP contribution in [0.1, 0.15) is 40.0 Å². The van der Waals surface area contributed by atoms with Crippen molar-refractivity contribution in [3.05, 3.63) is 23.3 Å². The average Bonchev–Trinajstić information content (AvgIpc) is 2.89. The number of ether oxygens (including phenoxy) is 4. The molecule has 0 aromatic rings. The quantitative estimate of drug-likeness (QED) is 0.276. The number of carbonyl (C=O) groups excluding carboxylic acids is 3. The van der Waals surface area contributed by atoms with E-state index in [4.69, 9.17) is 18.9 Å². The first kappa shape index (κ1) is 23.3. The van der Waals surface area contributed by atoms with E-state index in [1.807, 2.05) is 26.8 Å². The van der Waals surface area contributed by atoms with Crippen LogP contribution in [-0.2, 0) is 33.3 Å². The lowest BCUT2D eigenvalue weighted by atomic mass is 10.00. The van der Waals surface area contributed by atoms with Gasteiger partial charge in [-0.2, -0.15) is 0 Å². The average molecular weight is 409 g/mol. The Bertz CT molecular complexity index is 660. The lowest BCUT2D eigenvalue weighted by Crippen LogP contribution is -2.34. The van der Waals surface area contributed by atoms with E-state index in [1.165, 1.54) is 4.90 Å². The van der Waals surface area contributed by atoms with Crippen LogP contribution in [0.15, 0.2) is 23.3 Å². The van der Waals surface area contributed by atoms with E-state index in [-0.39, 0.29) is 37.4 Å². The molecule has 1 heterocycles. The number of rotatable bonds is 12. The smallest absolute Gasteiger partial charge is 0.308 e. The Labute approximate surface area is 171 Å². The second kappa shape index (κ2) is 11.2. The van der Waals surface area contributed by atoms with Crippen LogP contribution in [0.5, 0.6) is 0 Å². The third-order valence-corrected chi connectivity index (χ3v) is 4.22. The van der Waals surface area contributed by atoms with Crippen LogP contribution in [0.3, 0.4) is 0 Å². The molecule has 8 heteroatoms. The zero-order valence-electron chi connectivity index (χ0n) is 17.5. The number of esters is 1. The molecular weight excluding hydrogens is 378 g/mol. The number of hydrogen-bond donors (Lipinski definition) is 0. The van der Waals surface area contributed by atoms with E-state index in [1.54, 1.807) is 6.08 Å². The molecule has 2 amide bonds. The molecule has 0 radical (unpaired) electrons. The molecule has 0 N–H and O–H groups in total. The minimum absolute atomic E-state index is 0.197. The van der Waals surface area contributed by atoms with Gasteiger partial charge in [-0.25, -0.2) is 0 Å². The summed E-state index contributed by atoms with van der Waals surface area (Å²) in [5.74, 6) is -0.712. The molecule has 0 aromatic heterocycles. The first-order chi connectivity index (χ1) is 13.8. The molecule has 0 aromatic carbocycles. The van der Waals surface area contributed by atoms with E-state index >= 15 is 0 Å². The predicted molar refractivity (Wildman–Crippen MR) is 105 cm³/mol. The molecule has 1 aliphatic carbocycles. The van der Waals surface area contributed by atoms with Crippen molar-refractivity contribution in [3.63, 3.8) is 0 Å².